The van der Waals surface area contributed by atoms with Gasteiger partial charge in [-0.2, -0.15) is 5.10 Å². The Morgan fingerprint density at radius 1 is 1.04 bits per heavy atom. The normalized spacial score (nSPS) is 14.0. The third kappa shape index (κ3) is 3.72. The first kappa shape index (κ1) is 16.4. The molecule has 0 atom stereocenters. The molecule has 0 spiro atoms. The van der Waals surface area contributed by atoms with Crippen LogP contribution < -0.4 is 16.1 Å². The van der Waals surface area contributed by atoms with Crippen molar-refractivity contribution >= 4 is 34.8 Å². The van der Waals surface area contributed by atoms with E-state index in [-0.39, 0.29) is 24.5 Å². The van der Waals surface area contributed by atoms with E-state index in [4.69, 9.17) is 5.73 Å². The fraction of sp³-hybridized carbons (Fsp3) is 0.111. The molecule has 1 aliphatic rings. The maximum absolute atomic E-state index is 12.4. The average Bonchev–Trinajstić information content (AvgIpc) is 2.63. The quantitative estimate of drug-likeness (QED) is 0.891. The predicted molar refractivity (Wildman–Crippen MR) is 94.2 cm³/mol. The number of nitrogens with zero attached hydrogens (tertiary/aromatic N) is 2. The molecule has 0 aliphatic carbocycles. The first-order valence-corrected chi connectivity index (χ1v) is 7.71. The molecule has 7 nitrogen and oxygen atoms in total. The SMILES string of the molecule is NC(=O)c1cccc(NC(=O)C2=NN(c3ccccc3)C(=O)CC2)c1. The number of hydrogen-bond acceptors (Lipinski definition) is 4. The number of primary amides is 1. The summed E-state index contributed by atoms with van der Waals surface area (Å²) in [6.07, 6.45) is 0.450. The van der Waals surface area contributed by atoms with Crippen molar-refractivity contribution < 1.29 is 14.4 Å². The summed E-state index contributed by atoms with van der Waals surface area (Å²) in [6, 6.07) is 15.2. The van der Waals surface area contributed by atoms with E-state index in [0.717, 1.165) is 0 Å². The first-order valence-electron chi connectivity index (χ1n) is 7.71. The van der Waals surface area contributed by atoms with E-state index in [1.54, 1.807) is 42.5 Å². The van der Waals surface area contributed by atoms with Gasteiger partial charge in [-0.15, -0.1) is 0 Å². The molecule has 2 aromatic rings. The van der Waals surface area contributed by atoms with Crippen LogP contribution in [0.25, 0.3) is 0 Å². The number of nitrogens with two attached hydrogens (primary N) is 1. The van der Waals surface area contributed by atoms with Crippen LogP contribution in [0.15, 0.2) is 59.7 Å². The van der Waals surface area contributed by atoms with Gasteiger partial charge in [0.15, 0.2) is 0 Å². The van der Waals surface area contributed by atoms with E-state index in [1.165, 1.54) is 11.1 Å². The van der Waals surface area contributed by atoms with Gasteiger partial charge in [-0.25, -0.2) is 5.01 Å². The number of benzene rings is 2. The molecule has 0 radical (unpaired) electrons. The van der Waals surface area contributed by atoms with Crippen LogP contribution >= 0.6 is 0 Å². The highest BCUT2D eigenvalue weighted by Gasteiger charge is 2.25. The zero-order chi connectivity index (χ0) is 17.8. The fourth-order valence-corrected chi connectivity index (χ4v) is 2.44. The van der Waals surface area contributed by atoms with Crippen LogP contribution in [0.5, 0.6) is 0 Å². The third-order valence-corrected chi connectivity index (χ3v) is 3.70. The molecule has 0 fully saturated rings. The van der Waals surface area contributed by atoms with E-state index < -0.39 is 11.8 Å². The smallest absolute Gasteiger partial charge is 0.271 e. The van der Waals surface area contributed by atoms with Gasteiger partial charge in [0.05, 0.1) is 5.69 Å². The minimum atomic E-state index is -0.577. The van der Waals surface area contributed by atoms with Crippen LogP contribution in [0.1, 0.15) is 23.2 Å². The molecule has 126 valence electrons. The van der Waals surface area contributed by atoms with Crippen molar-refractivity contribution in [3.63, 3.8) is 0 Å². The van der Waals surface area contributed by atoms with Gasteiger partial charge in [0.1, 0.15) is 5.71 Å². The highest BCUT2D eigenvalue weighted by atomic mass is 16.2. The van der Waals surface area contributed by atoms with Crippen molar-refractivity contribution in [2.45, 2.75) is 12.8 Å². The number of para-hydroxylation sites is 1. The summed E-state index contributed by atoms with van der Waals surface area (Å²) >= 11 is 0. The second kappa shape index (κ2) is 6.96. The second-order valence-corrected chi connectivity index (χ2v) is 5.49. The molecular formula is C18H16N4O3. The molecular weight excluding hydrogens is 320 g/mol. The molecule has 25 heavy (non-hydrogen) atoms. The highest BCUT2D eigenvalue weighted by molar-refractivity contribution is 6.44. The second-order valence-electron chi connectivity index (χ2n) is 5.49. The van der Waals surface area contributed by atoms with Gasteiger partial charge in [-0.3, -0.25) is 14.4 Å². The Bertz CT molecular complexity index is 862. The molecule has 3 amide bonds. The lowest BCUT2D eigenvalue weighted by molar-refractivity contribution is -0.118. The van der Waals surface area contributed by atoms with Crippen molar-refractivity contribution in [2.75, 3.05) is 10.3 Å². The fourth-order valence-electron chi connectivity index (χ4n) is 2.44. The number of anilines is 2. The van der Waals surface area contributed by atoms with E-state index in [1.807, 2.05) is 6.07 Å². The van der Waals surface area contributed by atoms with Crippen LogP contribution in [-0.2, 0) is 9.59 Å². The van der Waals surface area contributed by atoms with Crippen LogP contribution in [0, 0.1) is 0 Å². The Kier molecular flexibility index (Phi) is 4.56. The maximum Gasteiger partial charge on any atom is 0.271 e. The molecule has 0 bridgehead atoms. The van der Waals surface area contributed by atoms with Gasteiger partial charge in [0, 0.05) is 24.1 Å². The standard InChI is InChI=1S/C18H16N4O3/c19-17(24)12-5-4-6-13(11-12)20-18(25)15-9-10-16(23)22(21-15)14-7-2-1-3-8-14/h1-8,11H,9-10H2,(H2,19,24)(H,20,25). The number of amides is 3. The molecule has 1 heterocycles. The van der Waals surface area contributed by atoms with Gasteiger partial charge in [0.2, 0.25) is 11.8 Å². The summed E-state index contributed by atoms with van der Waals surface area (Å²) in [5, 5.41) is 8.10. The minimum Gasteiger partial charge on any atom is -0.366 e. The first-order chi connectivity index (χ1) is 12.0. The minimum absolute atomic E-state index is 0.168. The van der Waals surface area contributed by atoms with Crippen molar-refractivity contribution in [3.8, 4) is 0 Å². The lowest BCUT2D eigenvalue weighted by Crippen LogP contribution is -2.36. The molecule has 2 aromatic carbocycles. The van der Waals surface area contributed by atoms with E-state index in [2.05, 4.69) is 10.4 Å². The van der Waals surface area contributed by atoms with Crippen LogP contribution in [0.4, 0.5) is 11.4 Å². The average molecular weight is 336 g/mol. The van der Waals surface area contributed by atoms with Crippen molar-refractivity contribution in [2.24, 2.45) is 10.8 Å². The summed E-state index contributed by atoms with van der Waals surface area (Å²) in [5.41, 5.74) is 6.82. The Morgan fingerprint density at radius 2 is 1.80 bits per heavy atom. The third-order valence-electron chi connectivity index (χ3n) is 3.70. The Labute approximate surface area is 144 Å². The number of rotatable bonds is 4. The van der Waals surface area contributed by atoms with Gasteiger partial charge in [-0.1, -0.05) is 24.3 Å². The Morgan fingerprint density at radius 3 is 2.52 bits per heavy atom. The molecule has 0 saturated heterocycles. The number of carbonyl (C=O) groups excluding carboxylic acids is 3. The zero-order valence-corrected chi connectivity index (χ0v) is 13.3. The largest absolute Gasteiger partial charge is 0.366 e. The number of nitrogens with one attached hydrogen (secondary N) is 1. The Balaban J connectivity index is 1.81. The van der Waals surface area contributed by atoms with Crippen molar-refractivity contribution in [1.82, 2.24) is 0 Å². The number of hydrazone groups is 1. The van der Waals surface area contributed by atoms with Crippen LogP contribution in [0.3, 0.4) is 0 Å². The lowest BCUT2D eigenvalue weighted by atomic mass is 10.1. The summed E-state index contributed by atoms with van der Waals surface area (Å²) in [5.74, 6) is -1.17. The van der Waals surface area contributed by atoms with Crippen molar-refractivity contribution in [1.29, 1.82) is 0 Å². The molecule has 3 rings (SSSR count). The van der Waals surface area contributed by atoms with Crippen LogP contribution in [0.2, 0.25) is 0 Å². The highest BCUT2D eigenvalue weighted by Crippen LogP contribution is 2.20. The monoisotopic (exact) mass is 336 g/mol. The lowest BCUT2D eigenvalue weighted by Gasteiger charge is -2.23. The van der Waals surface area contributed by atoms with Gasteiger partial charge in [-0.05, 0) is 30.3 Å². The van der Waals surface area contributed by atoms with Gasteiger partial charge >= 0.3 is 0 Å². The molecule has 0 aromatic heterocycles. The topological polar surface area (TPSA) is 105 Å². The summed E-state index contributed by atoms with van der Waals surface area (Å²) < 4.78 is 0. The van der Waals surface area contributed by atoms with Crippen molar-refractivity contribution in [3.05, 3.63) is 60.2 Å². The zero-order valence-electron chi connectivity index (χ0n) is 13.3. The van der Waals surface area contributed by atoms with E-state index in [9.17, 15) is 14.4 Å². The van der Waals surface area contributed by atoms with Crippen LogP contribution in [-0.4, -0.2) is 23.4 Å². The molecule has 0 saturated carbocycles. The molecule has 1 aliphatic heterocycles. The summed E-state index contributed by atoms with van der Waals surface area (Å²) in [7, 11) is 0. The van der Waals surface area contributed by atoms with Gasteiger partial charge < -0.3 is 11.1 Å². The van der Waals surface area contributed by atoms with E-state index >= 15 is 0 Å². The summed E-state index contributed by atoms with van der Waals surface area (Å²) in [6.45, 7) is 0. The summed E-state index contributed by atoms with van der Waals surface area (Å²) in [4.78, 5) is 35.7. The maximum atomic E-state index is 12.4. The molecule has 3 N–H and O–H groups in total. The number of hydrogen-bond donors (Lipinski definition) is 2. The predicted octanol–water partition coefficient (Wildman–Crippen LogP) is 1.91. The molecule has 7 heteroatoms. The molecule has 0 unspecified atom stereocenters. The Hall–Kier alpha value is -3.48. The number of carbonyl (C=O) groups is 3. The van der Waals surface area contributed by atoms with E-state index in [0.29, 0.717) is 16.9 Å². The van der Waals surface area contributed by atoms with Gasteiger partial charge in [0.25, 0.3) is 5.91 Å².